The van der Waals surface area contributed by atoms with E-state index in [4.69, 9.17) is 9.47 Å². The van der Waals surface area contributed by atoms with Crippen LogP contribution in [0.3, 0.4) is 0 Å². The number of halogens is 1. The maximum absolute atomic E-state index is 15.3. The van der Waals surface area contributed by atoms with E-state index in [0.29, 0.717) is 43.6 Å². The van der Waals surface area contributed by atoms with Gasteiger partial charge in [-0.05, 0) is 37.0 Å². The molecule has 0 saturated carbocycles. The molecule has 0 aromatic heterocycles. The van der Waals surface area contributed by atoms with E-state index < -0.39 is 26.7 Å². The predicted molar refractivity (Wildman–Crippen MR) is 124 cm³/mol. The van der Waals surface area contributed by atoms with Crippen molar-refractivity contribution < 1.29 is 27.4 Å². The van der Waals surface area contributed by atoms with E-state index >= 15 is 4.39 Å². The van der Waals surface area contributed by atoms with Crippen molar-refractivity contribution in [1.29, 1.82) is 0 Å². The highest BCUT2D eigenvalue weighted by Crippen LogP contribution is 2.40. The SMILES string of the molecule is C[C@H]1CC[C@H](c2ccccc2)S(=O)(=O)N1Cc1ccc(C2(OCCO)CCOCC2)cc1F. The van der Waals surface area contributed by atoms with Gasteiger partial charge in [0.15, 0.2) is 0 Å². The summed E-state index contributed by atoms with van der Waals surface area (Å²) in [5, 5.41) is 8.61. The standard InChI is InChI=1S/C25H32FNO5S/c1-19-7-10-24(20-5-3-2-4-6-20)33(29,30)27(19)18-21-8-9-22(17-23(21)26)25(32-16-13-28)11-14-31-15-12-25/h2-6,8-9,17,19,24,28H,7,10-16,18H2,1H3/t19-,24+/m0/s1. The summed E-state index contributed by atoms with van der Waals surface area (Å²) in [5.41, 5.74) is 1.10. The molecule has 6 nitrogen and oxygen atoms in total. The molecule has 180 valence electrons. The van der Waals surface area contributed by atoms with Crippen molar-refractivity contribution in [2.24, 2.45) is 0 Å². The van der Waals surface area contributed by atoms with Crippen LogP contribution in [0.1, 0.15) is 54.5 Å². The molecule has 2 aromatic rings. The highest BCUT2D eigenvalue weighted by Gasteiger charge is 2.41. The molecule has 2 heterocycles. The molecular formula is C25H32FNO5S. The van der Waals surface area contributed by atoms with Crippen LogP contribution in [0.15, 0.2) is 48.5 Å². The summed E-state index contributed by atoms with van der Waals surface area (Å²) < 4.78 is 55.1. The van der Waals surface area contributed by atoms with Crippen LogP contribution in [0.2, 0.25) is 0 Å². The second kappa shape index (κ2) is 10.2. The maximum Gasteiger partial charge on any atom is 0.221 e. The summed E-state index contributed by atoms with van der Waals surface area (Å²) in [6, 6.07) is 14.0. The minimum atomic E-state index is -3.64. The van der Waals surface area contributed by atoms with Gasteiger partial charge in [-0.2, -0.15) is 4.31 Å². The Labute approximate surface area is 195 Å². The first-order valence-electron chi connectivity index (χ1n) is 11.5. The smallest absolute Gasteiger partial charge is 0.221 e. The van der Waals surface area contributed by atoms with Gasteiger partial charge in [0.05, 0.1) is 18.8 Å². The highest BCUT2D eigenvalue weighted by molar-refractivity contribution is 7.89. The Hall–Kier alpha value is -1.84. The molecule has 2 aliphatic heterocycles. The Kier molecular flexibility index (Phi) is 7.50. The first-order valence-corrected chi connectivity index (χ1v) is 13.0. The lowest BCUT2D eigenvalue weighted by molar-refractivity contribution is -0.123. The molecule has 2 aromatic carbocycles. The van der Waals surface area contributed by atoms with E-state index in [1.165, 1.54) is 10.4 Å². The molecule has 2 fully saturated rings. The lowest BCUT2D eigenvalue weighted by Crippen LogP contribution is -2.44. The average Bonchev–Trinajstić information content (AvgIpc) is 2.82. The largest absolute Gasteiger partial charge is 0.394 e. The second-order valence-electron chi connectivity index (χ2n) is 8.90. The topological polar surface area (TPSA) is 76.1 Å². The van der Waals surface area contributed by atoms with Crippen LogP contribution in [0.4, 0.5) is 4.39 Å². The fraction of sp³-hybridized carbons (Fsp3) is 0.520. The Morgan fingerprint density at radius 2 is 1.88 bits per heavy atom. The van der Waals surface area contributed by atoms with Crippen LogP contribution >= 0.6 is 0 Å². The number of hydrogen-bond donors (Lipinski definition) is 1. The summed E-state index contributed by atoms with van der Waals surface area (Å²) in [6.45, 7) is 2.92. The van der Waals surface area contributed by atoms with Crippen molar-refractivity contribution in [3.05, 3.63) is 71.0 Å². The number of benzene rings is 2. The Morgan fingerprint density at radius 3 is 2.55 bits per heavy atom. The average molecular weight is 478 g/mol. The highest BCUT2D eigenvalue weighted by atomic mass is 32.2. The summed E-state index contributed by atoms with van der Waals surface area (Å²) >= 11 is 0. The van der Waals surface area contributed by atoms with Crippen LogP contribution in [0.5, 0.6) is 0 Å². The van der Waals surface area contributed by atoms with Gasteiger partial charge < -0.3 is 14.6 Å². The number of aliphatic hydroxyl groups excluding tert-OH is 1. The van der Waals surface area contributed by atoms with Crippen LogP contribution in [0.25, 0.3) is 0 Å². The van der Waals surface area contributed by atoms with Crippen molar-refractivity contribution in [2.45, 2.75) is 56.0 Å². The third kappa shape index (κ3) is 5.00. The molecule has 1 N–H and O–H groups in total. The van der Waals surface area contributed by atoms with Gasteiger partial charge in [-0.3, -0.25) is 0 Å². The van der Waals surface area contributed by atoms with Crippen LogP contribution in [0, 0.1) is 5.82 Å². The molecule has 0 spiro atoms. The first-order chi connectivity index (χ1) is 15.9. The number of hydrogen-bond acceptors (Lipinski definition) is 5. The van der Waals surface area contributed by atoms with E-state index in [1.807, 2.05) is 43.3 Å². The molecule has 0 amide bonds. The zero-order chi connectivity index (χ0) is 23.5. The van der Waals surface area contributed by atoms with Crippen LogP contribution in [-0.2, 0) is 31.6 Å². The van der Waals surface area contributed by atoms with Crippen LogP contribution < -0.4 is 0 Å². The molecule has 2 atom stereocenters. The van der Waals surface area contributed by atoms with Gasteiger partial charge in [0.2, 0.25) is 10.0 Å². The lowest BCUT2D eigenvalue weighted by atomic mass is 9.85. The van der Waals surface area contributed by atoms with Gasteiger partial charge in [0.1, 0.15) is 11.1 Å². The van der Waals surface area contributed by atoms with Crippen molar-refractivity contribution in [2.75, 3.05) is 26.4 Å². The lowest BCUT2D eigenvalue weighted by Gasteiger charge is -2.38. The molecule has 0 radical (unpaired) electrons. The van der Waals surface area contributed by atoms with E-state index in [-0.39, 0.29) is 25.8 Å². The molecule has 8 heteroatoms. The molecule has 33 heavy (non-hydrogen) atoms. The number of rotatable bonds is 7. The molecular weight excluding hydrogens is 445 g/mol. The number of aliphatic hydroxyl groups is 1. The van der Waals surface area contributed by atoms with Gasteiger partial charge in [0.25, 0.3) is 0 Å². The summed E-state index contributed by atoms with van der Waals surface area (Å²) in [5.74, 6) is -0.449. The van der Waals surface area contributed by atoms with E-state index in [9.17, 15) is 13.5 Å². The monoisotopic (exact) mass is 477 g/mol. The first kappa shape index (κ1) is 24.3. The fourth-order valence-corrected chi connectivity index (χ4v) is 7.13. The Bertz CT molecular complexity index is 1040. The Morgan fingerprint density at radius 1 is 1.15 bits per heavy atom. The van der Waals surface area contributed by atoms with Crippen molar-refractivity contribution in [1.82, 2.24) is 4.31 Å². The molecule has 0 unspecified atom stereocenters. The summed E-state index contributed by atoms with van der Waals surface area (Å²) in [7, 11) is -3.64. The second-order valence-corrected chi connectivity index (χ2v) is 11.0. The van der Waals surface area contributed by atoms with Crippen molar-refractivity contribution in [3.63, 3.8) is 0 Å². The van der Waals surface area contributed by atoms with E-state index in [0.717, 1.165) is 12.0 Å². The van der Waals surface area contributed by atoms with Gasteiger partial charge in [-0.15, -0.1) is 0 Å². The van der Waals surface area contributed by atoms with E-state index in [2.05, 4.69) is 0 Å². The minimum absolute atomic E-state index is 0.00739. The number of nitrogens with zero attached hydrogens (tertiary/aromatic N) is 1. The zero-order valence-electron chi connectivity index (χ0n) is 19.0. The third-order valence-corrected chi connectivity index (χ3v) is 9.24. The quantitative estimate of drug-likeness (QED) is 0.655. The zero-order valence-corrected chi connectivity index (χ0v) is 19.8. The van der Waals surface area contributed by atoms with Gasteiger partial charge >= 0.3 is 0 Å². The minimum Gasteiger partial charge on any atom is -0.394 e. The summed E-state index contributed by atoms with van der Waals surface area (Å²) in [6.07, 6.45) is 2.42. The normalized spacial score (nSPS) is 25.1. The molecule has 2 aliphatic rings. The molecule has 2 saturated heterocycles. The predicted octanol–water partition coefficient (Wildman–Crippen LogP) is 3.90. The summed E-state index contributed by atoms with van der Waals surface area (Å²) in [4.78, 5) is 0. The van der Waals surface area contributed by atoms with Gasteiger partial charge in [0, 0.05) is 44.2 Å². The fourth-order valence-electron chi connectivity index (χ4n) is 4.94. The molecule has 0 aliphatic carbocycles. The Balaban J connectivity index is 1.59. The van der Waals surface area contributed by atoms with Gasteiger partial charge in [-0.1, -0.05) is 42.5 Å². The van der Waals surface area contributed by atoms with Crippen molar-refractivity contribution >= 4 is 10.0 Å². The number of ether oxygens (including phenoxy) is 2. The molecule has 4 rings (SSSR count). The van der Waals surface area contributed by atoms with Gasteiger partial charge in [-0.25, -0.2) is 12.8 Å². The maximum atomic E-state index is 15.3. The van der Waals surface area contributed by atoms with Crippen LogP contribution in [-0.4, -0.2) is 50.3 Å². The third-order valence-electron chi connectivity index (χ3n) is 6.87. The van der Waals surface area contributed by atoms with E-state index in [1.54, 1.807) is 6.07 Å². The van der Waals surface area contributed by atoms with Crippen molar-refractivity contribution in [3.8, 4) is 0 Å². The number of sulfonamides is 1. The molecule has 0 bridgehead atoms.